The lowest BCUT2D eigenvalue weighted by molar-refractivity contribution is 0.202. The molecule has 1 aromatic heterocycles. The highest BCUT2D eigenvalue weighted by molar-refractivity contribution is 7.92. The lowest BCUT2D eigenvalue weighted by Gasteiger charge is -2.36. The molecule has 2 heterocycles. The van der Waals surface area contributed by atoms with Crippen molar-refractivity contribution in [3.63, 3.8) is 0 Å². The molecule has 1 aliphatic rings. The molecule has 0 saturated carbocycles. The van der Waals surface area contributed by atoms with Gasteiger partial charge in [-0.05, 0) is 43.3 Å². The number of hydrogen-bond acceptors (Lipinski definition) is 10. The first-order valence-corrected chi connectivity index (χ1v) is 12.9. The predicted molar refractivity (Wildman–Crippen MR) is 114 cm³/mol. The summed E-state index contributed by atoms with van der Waals surface area (Å²) in [5, 5.41) is 18.7. The second-order valence-corrected chi connectivity index (χ2v) is 10.6. The molecule has 0 amide bonds. The number of primary sulfonamides is 1. The molecule has 2 atom stereocenters. The summed E-state index contributed by atoms with van der Waals surface area (Å²) in [5.74, 6) is -0.525. The third kappa shape index (κ3) is 5.05. The van der Waals surface area contributed by atoms with E-state index < -0.39 is 36.0 Å². The van der Waals surface area contributed by atoms with Crippen molar-refractivity contribution in [1.29, 1.82) is 0 Å². The number of tetrazole rings is 1. The maximum absolute atomic E-state index is 14.6. The van der Waals surface area contributed by atoms with Crippen molar-refractivity contribution in [1.82, 2.24) is 25.3 Å². The van der Waals surface area contributed by atoms with E-state index in [1.54, 1.807) is 4.90 Å². The van der Waals surface area contributed by atoms with Crippen LogP contribution in [0.25, 0.3) is 11.4 Å². The highest BCUT2D eigenvalue weighted by Crippen LogP contribution is 2.39. The maximum Gasteiger partial charge on any atom is 0.241 e. The smallest absolute Gasteiger partial charge is 0.241 e. The zero-order chi connectivity index (χ0) is 23.5. The van der Waals surface area contributed by atoms with Gasteiger partial charge in [-0.15, -0.1) is 10.2 Å². The van der Waals surface area contributed by atoms with Crippen LogP contribution in [0.1, 0.15) is 12.8 Å². The van der Waals surface area contributed by atoms with Gasteiger partial charge in [0.25, 0.3) is 0 Å². The molecule has 0 spiro atoms. The van der Waals surface area contributed by atoms with Gasteiger partial charge in [-0.3, -0.25) is 0 Å². The number of H-pyrrole nitrogens is 1. The first kappa shape index (κ1) is 24.4. The van der Waals surface area contributed by atoms with Crippen molar-refractivity contribution in [2.45, 2.75) is 28.8 Å². The maximum atomic E-state index is 14.6. The number of halogens is 1. The van der Waals surface area contributed by atoms with E-state index in [0.29, 0.717) is 19.4 Å². The number of nitrogens with zero attached hydrogens (tertiary/aromatic N) is 4. The lowest BCUT2D eigenvalue weighted by atomic mass is 9.94. The quantitative estimate of drug-likeness (QED) is 0.249. The second kappa shape index (κ2) is 9.72. The van der Waals surface area contributed by atoms with E-state index in [0.717, 1.165) is 6.07 Å². The monoisotopic (exact) mass is 491 g/mol. The Morgan fingerprint density at radius 3 is 2.56 bits per heavy atom. The molecule has 1 saturated heterocycles. The summed E-state index contributed by atoms with van der Waals surface area (Å²) < 4.78 is 67.9. The summed E-state index contributed by atoms with van der Waals surface area (Å²) >= 11 is 0. The molecule has 0 unspecified atom stereocenters. The molecule has 1 aliphatic heterocycles. The fourth-order valence-electron chi connectivity index (χ4n) is 3.62. The van der Waals surface area contributed by atoms with E-state index in [1.807, 2.05) is 0 Å². The van der Waals surface area contributed by atoms with Crippen LogP contribution in [0, 0.1) is 5.92 Å². The number of nitrogens with one attached hydrogen (secondary N) is 2. The molecule has 0 aliphatic carbocycles. The van der Waals surface area contributed by atoms with Crippen LogP contribution in [0.5, 0.6) is 0 Å². The lowest BCUT2D eigenvalue weighted by Crippen LogP contribution is -2.44. The number of nitrogens with two attached hydrogens (primary N) is 3. The van der Waals surface area contributed by atoms with Crippen LogP contribution < -0.4 is 26.2 Å². The minimum atomic E-state index is -4.60. The van der Waals surface area contributed by atoms with Crippen LogP contribution in [0.15, 0.2) is 21.9 Å². The van der Waals surface area contributed by atoms with Crippen LogP contribution in [-0.4, -0.2) is 76.4 Å². The second-order valence-electron chi connectivity index (χ2n) is 7.35. The van der Waals surface area contributed by atoms with Crippen LogP contribution >= 0.6 is 0 Å². The summed E-state index contributed by atoms with van der Waals surface area (Å²) in [4.78, 5) is 0.317. The van der Waals surface area contributed by atoms with Gasteiger partial charge in [0, 0.05) is 31.2 Å². The molecule has 16 heteroatoms. The number of alkyl halides is 1. The minimum Gasteiger partial charge on any atom is -0.368 e. The number of hydrogen-bond donors (Lipinski definition) is 5. The topological polar surface area (TPSA) is 216 Å². The van der Waals surface area contributed by atoms with Crippen molar-refractivity contribution >= 4 is 25.7 Å². The molecule has 13 nitrogen and oxygen atoms in total. The fraction of sp³-hybridized carbons (Fsp3) is 0.562. The molecule has 0 bridgehead atoms. The largest absolute Gasteiger partial charge is 0.368 e. The molecular formula is C16H26FN9O4S2. The summed E-state index contributed by atoms with van der Waals surface area (Å²) in [6.45, 7) is 0.704. The SMILES string of the molecule is NCCCNS(=O)(=O)c1ccc(N2CC[C@@H](CN)[C@@H](F)C2)c(-c2nn[nH]n2)c1S(N)(=O)=O. The van der Waals surface area contributed by atoms with Gasteiger partial charge in [0.15, 0.2) is 0 Å². The first-order chi connectivity index (χ1) is 15.1. The van der Waals surface area contributed by atoms with Crippen LogP contribution in [0.4, 0.5) is 10.1 Å². The number of benzene rings is 1. The van der Waals surface area contributed by atoms with Crippen molar-refractivity contribution in [2.24, 2.45) is 22.5 Å². The molecule has 32 heavy (non-hydrogen) atoms. The Kier molecular flexibility index (Phi) is 7.41. The van der Waals surface area contributed by atoms with Gasteiger partial charge in [0.05, 0.1) is 5.56 Å². The Bertz CT molecular complexity index is 1140. The summed E-state index contributed by atoms with van der Waals surface area (Å²) in [6, 6.07) is 2.50. The van der Waals surface area contributed by atoms with E-state index >= 15 is 0 Å². The van der Waals surface area contributed by atoms with Crippen LogP contribution in [-0.2, 0) is 20.0 Å². The zero-order valence-electron chi connectivity index (χ0n) is 17.1. The van der Waals surface area contributed by atoms with E-state index in [2.05, 4.69) is 25.3 Å². The van der Waals surface area contributed by atoms with E-state index in [-0.39, 0.29) is 49.2 Å². The van der Waals surface area contributed by atoms with Crippen LogP contribution in [0.2, 0.25) is 0 Å². The molecular weight excluding hydrogens is 465 g/mol. The number of aromatic amines is 1. The normalized spacial score (nSPS) is 19.9. The molecule has 178 valence electrons. The Labute approximate surface area is 185 Å². The van der Waals surface area contributed by atoms with Crippen molar-refractivity contribution < 1.29 is 21.2 Å². The van der Waals surface area contributed by atoms with Gasteiger partial charge in [-0.25, -0.2) is 31.1 Å². The summed E-state index contributed by atoms with van der Waals surface area (Å²) in [5.41, 5.74) is 11.0. The van der Waals surface area contributed by atoms with Gasteiger partial charge in [0.2, 0.25) is 25.9 Å². The third-order valence-corrected chi connectivity index (χ3v) is 7.86. The van der Waals surface area contributed by atoms with E-state index in [9.17, 15) is 21.2 Å². The van der Waals surface area contributed by atoms with Gasteiger partial charge >= 0.3 is 0 Å². The fourth-order valence-corrected chi connectivity index (χ4v) is 6.29. The Hall–Kier alpha value is -2.24. The molecule has 8 N–H and O–H groups in total. The average molecular weight is 492 g/mol. The number of anilines is 1. The molecule has 1 fully saturated rings. The van der Waals surface area contributed by atoms with Gasteiger partial charge in [-0.1, -0.05) is 0 Å². The number of aromatic nitrogens is 4. The highest BCUT2D eigenvalue weighted by Gasteiger charge is 2.35. The predicted octanol–water partition coefficient (Wildman–Crippen LogP) is -1.74. The van der Waals surface area contributed by atoms with E-state index in [1.165, 1.54) is 6.07 Å². The number of sulfonamides is 2. The Morgan fingerprint density at radius 2 is 2.00 bits per heavy atom. The first-order valence-electron chi connectivity index (χ1n) is 9.82. The molecule has 1 aromatic carbocycles. The minimum absolute atomic E-state index is 0.00167. The van der Waals surface area contributed by atoms with E-state index in [4.69, 9.17) is 16.6 Å². The van der Waals surface area contributed by atoms with Gasteiger partial charge in [-0.2, -0.15) is 5.21 Å². The number of piperidine rings is 1. The average Bonchev–Trinajstić information content (AvgIpc) is 3.26. The highest BCUT2D eigenvalue weighted by atomic mass is 32.2. The standard InChI is InChI=1S/C16H26FN9O4S2/c17-11-9-26(7-4-10(11)8-19)12-2-3-13(32(29,30)21-6-1-5-18)15(31(20,27)28)14(12)16-22-24-25-23-16/h2-3,10-11,21H,1,4-9,18-19H2,(H2,20,27,28)(H,22,23,24,25)/t10-,11-/m0/s1. The Morgan fingerprint density at radius 1 is 1.25 bits per heavy atom. The molecule has 3 rings (SSSR count). The van der Waals surface area contributed by atoms with Crippen LogP contribution in [0.3, 0.4) is 0 Å². The summed E-state index contributed by atoms with van der Waals surface area (Å²) in [6.07, 6.45) is -0.492. The van der Waals surface area contributed by atoms with Gasteiger partial charge in [0.1, 0.15) is 16.0 Å². The number of rotatable bonds is 9. The van der Waals surface area contributed by atoms with Crippen molar-refractivity contribution in [3.8, 4) is 11.4 Å². The van der Waals surface area contributed by atoms with Crippen molar-refractivity contribution in [2.75, 3.05) is 37.6 Å². The Balaban J connectivity index is 2.21. The molecule has 2 aromatic rings. The summed E-state index contributed by atoms with van der Waals surface area (Å²) in [7, 11) is -8.89. The molecule has 0 radical (unpaired) electrons. The van der Waals surface area contributed by atoms with Crippen molar-refractivity contribution in [3.05, 3.63) is 12.1 Å². The zero-order valence-corrected chi connectivity index (χ0v) is 18.7. The third-order valence-electron chi connectivity index (χ3n) is 5.24. The van der Waals surface area contributed by atoms with Gasteiger partial charge < -0.3 is 16.4 Å².